The summed E-state index contributed by atoms with van der Waals surface area (Å²) in [6, 6.07) is 57.1. The van der Waals surface area contributed by atoms with E-state index in [2.05, 4.69) is 145 Å². The van der Waals surface area contributed by atoms with Crippen LogP contribution in [0.3, 0.4) is 0 Å². The van der Waals surface area contributed by atoms with Crippen molar-refractivity contribution in [1.29, 1.82) is 0 Å². The van der Waals surface area contributed by atoms with E-state index in [1.807, 2.05) is 36.4 Å². The topological polar surface area (TPSA) is 57.4 Å². The highest BCUT2D eigenvalue weighted by atomic mass is 15.3. The van der Waals surface area contributed by atoms with Gasteiger partial charge in [-0.15, -0.1) is 0 Å². The third-order valence-electron chi connectivity index (χ3n) is 9.78. The second-order valence-electron chi connectivity index (χ2n) is 12.6. The number of para-hydroxylation sites is 5. The van der Waals surface area contributed by atoms with Crippen LogP contribution in [0.2, 0.25) is 0 Å². The van der Waals surface area contributed by atoms with E-state index in [-0.39, 0.29) is 0 Å². The molecule has 0 saturated carbocycles. The fourth-order valence-corrected chi connectivity index (χ4v) is 7.57. The molecule has 0 fully saturated rings. The minimum absolute atomic E-state index is 0.574. The summed E-state index contributed by atoms with van der Waals surface area (Å²) >= 11 is 0. The number of hydrogen-bond acceptors (Lipinski definition) is 3. The Morgan fingerprint density at radius 2 is 0.940 bits per heavy atom. The Morgan fingerprint density at radius 1 is 0.380 bits per heavy atom. The summed E-state index contributed by atoms with van der Waals surface area (Å²) in [7, 11) is 0. The smallest absolute Gasteiger partial charge is 0.238 e. The van der Waals surface area contributed by atoms with E-state index in [1.54, 1.807) is 0 Å². The molecule has 0 atom stereocenters. The SMILES string of the molecule is c1ccc(-c2cc(-c3ccccc3)nc(-n3c4ccccc4n4c5cc(-n6c7ccccc7n7c8ccccc8cc67)ccc5nc34)n2)cc1. The molecule has 0 saturated heterocycles. The number of imidazole rings is 3. The first kappa shape index (κ1) is 27.0. The molecule has 0 radical (unpaired) electrons. The van der Waals surface area contributed by atoms with E-state index in [0.29, 0.717) is 5.95 Å². The second-order valence-corrected chi connectivity index (χ2v) is 12.6. The summed E-state index contributed by atoms with van der Waals surface area (Å²) in [5.74, 6) is 1.34. The number of hydrogen-bond donors (Lipinski definition) is 0. The quantitative estimate of drug-likeness (QED) is 0.192. The molecular formula is C43H27N7. The van der Waals surface area contributed by atoms with Gasteiger partial charge in [0.2, 0.25) is 11.7 Å². The van der Waals surface area contributed by atoms with Gasteiger partial charge < -0.3 is 0 Å². The van der Waals surface area contributed by atoms with Gasteiger partial charge in [0.15, 0.2) is 0 Å². The number of rotatable bonds is 4. The van der Waals surface area contributed by atoms with Gasteiger partial charge in [-0.25, -0.2) is 19.5 Å². The fraction of sp³-hybridized carbons (Fsp3) is 0. The summed E-state index contributed by atoms with van der Waals surface area (Å²) in [6.07, 6.45) is 0. The summed E-state index contributed by atoms with van der Waals surface area (Å²) in [4.78, 5) is 15.6. The van der Waals surface area contributed by atoms with Gasteiger partial charge in [-0.2, -0.15) is 0 Å². The van der Waals surface area contributed by atoms with Crippen molar-refractivity contribution in [3.8, 4) is 34.2 Å². The molecule has 5 heterocycles. The fourth-order valence-electron chi connectivity index (χ4n) is 7.57. The van der Waals surface area contributed by atoms with Gasteiger partial charge in [-0.3, -0.25) is 13.4 Å². The van der Waals surface area contributed by atoms with Crippen molar-refractivity contribution in [2.24, 2.45) is 0 Å². The van der Waals surface area contributed by atoms with Crippen LogP contribution in [0.25, 0.3) is 89.6 Å². The van der Waals surface area contributed by atoms with Crippen LogP contribution in [0.1, 0.15) is 0 Å². The number of fused-ring (bicyclic) bond motifs is 10. The van der Waals surface area contributed by atoms with Gasteiger partial charge in [0.05, 0.1) is 50.0 Å². The lowest BCUT2D eigenvalue weighted by molar-refractivity contribution is 0.972. The van der Waals surface area contributed by atoms with E-state index in [1.165, 1.54) is 16.4 Å². The minimum Gasteiger partial charge on any atom is -0.294 e. The van der Waals surface area contributed by atoms with Crippen LogP contribution in [0, 0.1) is 0 Å². The zero-order valence-electron chi connectivity index (χ0n) is 26.7. The Bertz CT molecular complexity index is 3030. The zero-order valence-corrected chi connectivity index (χ0v) is 26.7. The Labute approximate surface area is 285 Å². The lowest BCUT2D eigenvalue weighted by atomic mass is 10.1. The lowest BCUT2D eigenvalue weighted by Gasteiger charge is -2.10. The summed E-state index contributed by atoms with van der Waals surface area (Å²) < 4.78 is 9.05. The largest absolute Gasteiger partial charge is 0.294 e. The molecule has 11 rings (SSSR count). The summed E-state index contributed by atoms with van der Waals surface area (Å²) in [6.45, 7) is 0. The molecule has 7 heteroatoms. The molecule has 7 nitrogen and oxygen atoms in total. The predicted molar refractivity (Wildman–Crippen MR) is 201 cm³/mol. The molecule has 0 N–H and O–H groups in total. The maximum atomic E-state index is 5.25. The van der Waals surface area contributed by atoms with Crippen molar-refractivity contribution in [2.45, 2.75) is 0 Å². The van der Waals surface area contributed by atoms with Crippen LogP contribution in [-0.4, -0.2) is 32.9 Å². The van der Waals surface area contributed by atoms with Crippen LogP contribution in [0.5, 0.6) is 0 Å². The van der Waals surface area contributed by atoms with Gasteiger partial charge in [-0.1, -0.05) is 103 Å². The zero-order chi connectivity index (χ0) is 32.8. The molecule has 0 aliphatic rings. The summed E-state index contributed by atoms with van der Waals surface area (Å²) in [5, 5.41) is 1.21. The molecule has 0 aliphatic heterocycles. The maximum Gasteiger partial charge on any atom is 0.238 e. The van der Waals surface area contributed by atoms with E-state index >= 15 is 0 Å². The van der Waals surface area contributed by atoms with E-state index in [4.69, 9.17) is 15.0 Å². The molecule has 0 aliphatic carbocycles. The number of nitrogens with zero attached hydrogens (tertiary/aromatic N) is 7. The van der Waals surface area contributed by atoms with Crippen LogP contribution >= 0.6 is 0 Å². The molecule has 11 aromatic rings. The van der Waals surface area contributed by atoms with E-state index in [9.17, 15) is 0 Å². The minimum atomic E-state index is 0.574. The van der Waals surface area contributed by atoms with Crippen molar-refractivity contribution in [1.82, 2.24) is 32.9 Å². The molecule has 6 aromatic carbocycles. The third kappa shape index (κ3) is 3.82. The molecule has 50 heavy (non-hydrogen) atoms. The highest BCUT2D eigenvalue weighted by Gasteiger charge is 2.22. The van der Waals surface area contributed by atoms with Gasteiger partial charge in [-0.05, 0) is 60.7 Å². The Hall–Kier alpha value is -6.99. The van der Waals surface area contributed by atoms with Crippen LogP contribution in [0.15, 0.2) is 164 Å². The van der Waals surface area contributed by atoms with Crippen molar-refractivity contribution in [3.05, 3.63) is 164 Å². The van der Waals surface area contributed by atoms with Gasteiger partial charge in [0.1, 0.15) is 5.65 Å². The molecule has 234 valence electrons. The maximum absolute atomic E-state index is 5.25. The number of benzene rings is 6. The first-order valence-electron chi connectivity index (χ1n) is 16.7. The highest BCUT2D eigenvalue weighted by molar-refractivity contribution is 5.97. The van der Waals surface area contributed by atoms with Gasteiger partial charge in [0.25, 0.3) is 0 Å². The van der Waals surface area contributed by atoms with Crippen molar-refractivity contribution < 1.29 is 0 Å². The average molecular weight is 642 g/mol. The molecule has 5 aromatic heterocycles. The molecule has 0 spiro atoms. The molecule has 0 unspecified atom stereocenters. The van der Waals surface area contributed by atoms with Gasteiger partial charge in [0, 0.05) is 22.2 Å². The van der Waals surface area contributed by atoms with Crippen LogP contribution in [-0.2, 0) is 0 Å². The second kappa shape index (κ2) is 10.3. The lowest BCUT2D eigenvalue weighted by Crippen LogP contribution is -2.04. The first-order chi connectivity index (χ1) is 24.8. The predicted octanol–water partition coefficient (Wildman–Crippen LogP) is 9.91. The number of aromatic nitrogens is 7. The van der Waals surface area contributed by atoms with E-state index < -0.39 is 0 Å². The Kier molecular flexibility index (Phi) is 5.54. The van der Waals surface area contributed by atoms with E-state index in [0.717, 1.165) is 67.2 Å². The van der Waals surface area contributed by atoms with Crippen molar-refractivity contribution in [2.75, 3.05) is 0 Å². The first-order valence-corrected chi connectivity index (χ1v) is 16.7. The van der Waals surface area contributed by atoms with Crippen molar-refractivity contribution in [3.63, 3.8) is 0 Å². The third-order valence-corrected chi connectivity index (χ3v) is 9.78. The molecule has 0 amide bonds. The summed E-state index contributed by atoms with van der Waals surface area (Å²) in [5.41, 5.74) is 13.4. The normalized spacial score (nSPS) is 12.0. The Morgan fingerprint density at radius 3 is 1.62 bits per heavy atom. The van der Waals surface area contributed by atoms with Crippen molar-refractivity contribution >= 4 is 55.4 Å². The van der Waals surface area contributed by atoms with Crippen LogP contribution in [0.4, 0.5) is 0 Å². The molecule has 0 bridgehead atoms. The standard InChI is InChI=1S/C43H27N7/c1-3-13-28(14-4-1)33-27-34(29-15-5-2-6-16-29)45-42(44-33)50-39-22-12-11-21-38(39)49-40-26-31(23-24-32(40)46-43(49)50)47-36-19-9-10-20-37(36)48-35-18-8-7-17-30(35)25-41(47)48/h1-27H. The highest BCUT2D eigenvalue weighted by Crippen LogP contribution is 2.35. The van der Waals surface area contributed by atoms with Gasteiger partial charge >= 0.3 is 0 Å². The Balaban J connectivity index is 1.19. The molecular weight excluding hydrogens is 615 g/mol. The van der Waals surface area contributed by atoms with Crippen LogP contribution < -0.4 is 0 Å². The average Bonchev–Trinajstić information content (AvgIpc) is 3.91. The monoisotopic (exact) mass is 641 g/mol.